The molecule has 4 rings (SSSR count). The summed E-state index contributed by atoms with van der Waals surface area (Å²) >= 11 is 0. The Labute approximate surface area is 204 Å². The van der Waals surface area contributed by atoms with E-state index in [0.717, 1.165) is 69.1 Å². The summed E-state index contributed by atoms with van der Waals surface area (Å²) in [5.41, 5.74) is 1.92. The number of hydrogen-bond donors (Lipinski definition) is 0. The monoisotopic (exact) mass is 492 g/mol. The second kappa shape index (κ2) is 11.7. The third-order valence-corrected chi connectivity index (χ3v) is 7.78. The first-order valence-corrected chi connectivity index (χ1v) is 12.8. The molecule has 1 saturated carbocycles. The molecule has 6 heteroatoms. The minimum atomic E-state index is -1.40. The summed E-state index contributed by atoms with van der Waals surface area (Å²) in [7, 11) is 0. The van der Waals surface area contributed by atoms with Gasteiger partial charge in [-0.1, -0.05) is 31.2 Å². The standard InChI is InChI=1S/C29H33F5O/c1-2-25(30)28(33)21-10-8-19(9-11-21)22-12-14-24(35-17-22)13-5-18-3-6-20(7-4-18)23-15-26(31)29(34)27(32)16-23/h8-11,15-16,18,20,22,24H,2-7,12-14,17H2,1H3. The van der Waals surface area contributed by atoms with Gasteiger partial charge in [-0.25, -0.2) is 22.0 Å². The van der Waals surface area contributed by atoms with E-state index in [4.69, 9.17) is 4.74 Å². The van der Waals surface area contributed by atoms with Crippen molar-refractivity contribution in [3.63, 3.8) is 0 Å². The lowest BCUT2D eigenvalue weighted by molar-refractivity contribution is -0.00501. The van der Waals surface area contributed by atoms with Crippen molar-refractivity contribution in [2.75, 3.05) is 6.61 Å². The average molecular weight is 493 g/mol. The molecule has 35 heavy (non-hydrogen) atoms. The third kappa shape index (κ3) is 6.32. The van der Waals surface area contributed by atoms with Crippen molar-refractivity contribution < 1.29 is 26.7 Å². The fraction of sp³-hybridized carbons (Fsp3) is 0.517. The summed E-state index contributed by atoms with van der Waals surface area (Å²) in [6.45, 7) is 2.21. The van der Waals surface area contributed by atoms with Gasteiger partial charge in [-0.15, -0.1) is 0 Å². The number of benzene rings is 2. The number of ether oxygens (including phenoxy) is 1. The Kier molecular flexibility index (Phi) is 8.64. The van der Waals surface area contributed by atoms with Crippen LogP contribution in [0.1, 0.15) is 93.2 Å². The van der Waals surface area contributed by atoms with Gasteiger partial charge >= 0.3 is 0 Å². The molecule has 0 bridgehead atoms. The highest BCUT2D eigenvalue weighted by atomic mass is 19.2. The van der Waals surface area contributed by atoms with Gasteiger partial charge in [-0.2, -0.15) is 0 Å². The van der Waals surface area contributed by atoms with Gasteiger partial charge in [0.15, 0.2) is 23.3 Å². The molecule has 1 aliphatic heterocycles. The van der Waals surface area contributed by atoms with Gasteiger partial charge in [-0.3, -0.25) is 0 Å². The minimum Gasteiger partial charge on any atom is -0.378 e. The van der Waals surface area contributed by atoms with Crippen LogP contribution in [0.5, 0.6) is 0 Å². The Bertz CT molecular complexity index is 993. The lowest BCUT2D eigenvalue weighted by atomic mass is 9.76. The molecule has 0 radical (unpaired) electrons. The van der Waals surface area contributed by atoms with Crippen molar-refractivity contribution in [1.82, 2.24) is 0 Å². The quantitative estimate of drug-likeness (QED) is 0.277. The molecular formula is C29H33F5O. The van der Waals surface area contributed by atoms with E-state index in [9.17, 15) is 22.0 Å². The Hall–Kier alpha value is -2.21. The first-order chi connectivity index (χ1) is 16.9. The molecule has 2 fully saturated rings. The van der Waals surface area contributed by atoms with Crippen molar-refractivity contribution in [1.29, 1.82) is 0 Å². The summed E-state index contributed by atoms with van der Waals surface area (Å²) in [4.78, 5) is 0. The highest BCUT2D eigenvalue weighted by Gasteiger charge is 2.27. The fourth-order valence-corrected chi connectivity index (χ4v) is 5.53. The summed E-state index contributed by atoms with van der Waals surface area (Å²) < 4.78 is 74.0. The maximum Gasteiger partial charge on any atom is 0.194 e. The van der Waals surface area contributed by atoms with Crippen molar-refractivity contribution >= 4 is 5.83 Å². The molecule has 2 aromatic carbocycles. The van der Waals surface area contributed by atoms with Crippen LogP contribution in [0.4, 0.5) is 22.0 Å². The highest BCUT2D eigenvalue weighted by Crippen LogP contribution is 2.39. The minimum absolute atomic E-state index is 0.0428. The Morgan fingerprint density at radius 2 is 1.43 bits per heavy atom. The van der Waals surface area contributed by atoms with Crippen LogP contribution in [0.3, 0.4) is 0 Å². The zero-order chi connectivity index (χ0) is 24.9. The Balaban J connectivity index is 1.20. The van der Waals surface area contributed by atoms with Crippen LogP contribution in [0.15, 0.2) is 42.2 Å². The Morgan fingerprint density at radius 3 is 2.00 bits per heavy atom. The summed E-state index contributed by atoms with van der Waals surface area (Å²) in [5, 5.41) is 0. The van der Waals surface area contributed by atoms with Crippen LogP contribution >= 0.6 is 0 Å². The van der Waals surface area contributed by atoms with Gasteiger partial charge in [0.25, 0.3) is 0 Å². The molecule has 0 amide bonds. The van der Waals surface area contributed by atoms with Crippen LogP contribution in [0.25, 0.3) is 5.83 Å². The summed E-state index contributed by atoms with van der Waals surface area (Å²) in [6, 6.07) is 9.28. The number of hydrogen-bond acceptors (Lipinski definition) is 1. The van der Waals surface area contributed by atoms with Gasteiger partial charge in [0.2, 0.25) is 0 Å². The zero-order valence-corrected chi connectivity index (χ0v) is 20.1. The molecule has 1 aliphatic carbocycles. The summed E-state index contributed by atoms with van der Waals surface area (Å²) in [6.07, 6.45) is 8.00. The molecule has 190 valence electrons. The third-order valence-electron chi connectivity index (χ3n) is 7.78. The molecule has 0 spiro atoms. The maximum atomic E-state index is 14.0. The molecule has 2 atom stereocenters. The van der Waals surface area contributed by atoms with Crippen LogP contribution in [0.2, 0.25) is 0 Å². The molecule has 0 aromatic heterocycles. The lowest BCUT2D eigenvalue weighted by Crippen LogP contribution is -2.25. The van der Waals surface area contributed by atoms with Crippen LogP contribution in [-0.2, 0) is 4.74 Å². The molecule has 1 heterocycles. The van der Waals surface area contributed by atoms with Crippen molar-refractivity contribution in [2.24, 2.45) is 5.92 Å². The molecule has 2 aliphatic rings. The van der Waals surface area contributed by atoms with Crippen molar-refractivity contribution in [2.45, 2.75) is 82.7 Å². The van der Waals surface area contributed by atoms with Crippen LogP contribution in [-0.4, -0.2) is 12.7 Å². The number of halogens is 5. The van der Waals surface area contributed by atoms with Gasteiger partial charge in [0, 0.05) is 11.5 Å². The van der Waals surface area contributed by atoms with E-state index in [1.165, 1.54) is 0 Å². The van der Waals surface area contributed by atoms with Gasteiger partial charge in [-0.05, 0) is 92.9 Å². The van der Waals surface area contributed by atoms with E-state index in [0.29, 0.717) is 18.1 Å². The Morgan fingerprint density at radius 1 is 0.800 bits per heavy atom. The van der Waals surface area contributed by atoms with Crippen molar-refractivity contribution in [3.05, 3.63) is 76.4 Å². The van der Waals surface area contributed by atoms with E-state index in [1.807, 2.05) is 12.1 Å². The van der Waals surface area contributed by atoms with E-state index >= 15 is 0 Å². The van der Waals surface area contributed by atoms with Gasteiger partial charge in [0.05, 0.1) is 12.7 Å². The predicted octanol–water partition coefficient (Wildman–Crippen LogP) is 9.14. The number of rotatable bonds is 7. The molecule has 2 aromatic rings. The van der Waals surface area contributed by atoms with Gasteiger partial charge < -0.3 is 4.74 Å². The predicted molar refractivity (Wildman–Crippen MR) is 128 cm³/mol. The zero-order valence-electron chi connectivity index (χ0n) is 20.1. The maximum absolute atomic E-state index is 14.0. The second-order valence-electron chi connectivity index (χ2n) is 10.0. The molecular weight excluding hydrogens is 459 g/mol. The first-order valence-electron chi connectivity index (χ1n) is 12.8. The average Bonchev–Trinajstić information content (AvgIpc) is 2.90. The lowest BCUT2D eigenvalue weighted by Gasteiger charge is -2.32. The number of allylic oxidation sites excluding steroid dienone is 1. The SMILES string of the molecule is CCC(F)=C(F)c1ccc(C2CCC(CCC3CCC(c4cc(F)c(F)c(F)c4)CC3)OC2)cc1. The molecule has 1 saturated heterocycles. The molecule has 1 nitrogen and oxygen atoms in total. The topological polar surface area (TPSA) is 9.23 Å². The van der Waals surface area contributed by atoms with E-state index in [-0.39, 0.29) is 29.9 Å². The second-order valence-corrected chi connectivity index (χ2v) is 10.0. The van der Waals surface area contributed by atoms with Crippen LogP contribution < -0.4 is 0 Å². The summed E-state index contributed by atoms with van der Waals surface area (Å²) in [5.74, 6) is -4.23. The van der Waals surface area contributed by atoms with E-state index < -0.39 is 29.1 Å². The van der Waals surface area contributed by atoms with E-state index in [2.05, 4.69) is 0 Å². The largest absolute Gasteiger partial charge is 0.378 e. The normalized spacial score (nSPS) is 25.9. The van der Waals surface area contributed by atoms with Crippen molar-refractivity contribution in [3.8, 4) is 0 Å². The van der Waals surface area contributed by atoms with Gasteiger partial charge in [0.1, 0.15) is 5.83 Å². The highest BCUT2D eigenvalue weighted by molar-refractivity contribution is 5.61. The van der Waals surface area contributed by atoms with Crippen LogP contribution in [0, 0.1) is 23.4 Å². The van der Waals surface area contributed by atoms with E-state index in [1.54, 1.807) is 19.1 Å². The fourth-order valence-electron chi connectivity index (χ4n) is 5.53. The molecule has 0 N–H and O–H groups in total. The smallest absolute Gasteiger partial charge is 0.194 e. The first kappa shape index (κ1) is 25.9. The molecule has 2 unspecified atom stereocenters.